The first-order valence-electron chi connectivity index (χ1n) is 35.1. The summed E-state index contributed by atoms with van der Waals surface area (Å²) < 4.78 is 42.4. The molecule has 4 unspecified atom stereocenters. The van der Waals surface area contributed by atoms with Crippen LogP contribution in [0.25, 0.3) is 0 Å². The Morgan fingerprint density at radius 1 is 0.736 bits per heavy atom. The SMILES string of the molecule is CC(O)CCCCCCCCOCCCCCOCCOCCCCCCCCN=C/C(COCCCCCOCCCCCC=O)=N\N.CCCC.Cc1nnc(CCNC(=O)C2CN(C)C2)n1C(C)CN(C)CCC(CCS(C)=O)c1ccccc1.NC=O. The first-order chi connectivity index (χ1) is 44.3. The number of aliphatic hydroxyl groups is 1. The molecule has 21 heteroatoms. The standard InChI is InChI=1S/C39H77N3O7.C26H42N6O2S.C4H10.CH3NO/c1-38(44)24-14-6-2-4-9-17-27-45-29-20-12-22-32-48-35-34-47-31-18-10-5-3-7-15-25-41-36-39(42-40)37-49-33-23-13-21-30-46-28-19-11-8-16-26-43;1-20(17-30(3)15-12-23(13-16-35(5)34)22-9-7-6-8-10-22)32-21(2)28-29-25(32)11-14-27-26(33)24-18-31(4)19-24;1-3-4-2;2-1-3/h26,36,38,44H,2-25,27-35,37,40H2,1H3;6-10,20,23-24H,11-19H2,1-5H3,(H,27,33);3-4H2,1-2H3;1H,(H2,2,3)/b41-36?,42-39+;;;. The van der Waals surface area contributed by atoms with Crippen LogP contribution in [-0.2, 0) is 55.3 Å². The van der Waals surface area contributed by atoms with E-state index in [0.29, 0.717) is 57.4 Å². The number of hydrogen-bond acceptors (Lipinski definition) is 17. The van der Waals surface area contributed by atoms with Crippen molar-refractivity contribution in [3.05, 3.63) is 47.5 Å². The fraction of sp³-hybridized carbons (Fsp3) is 0.814. The van der Waals surface area contributed by atoms with Gasteiger partial charge in [0.25, 0.3) is 0 Å². The van der Waals surface area contributed by atoms with Crippen molar-refractivity contribution in [2.45, 2.75) is 232 Å². The van der Waals surface area contributed by atoms with Gasteiger partial charge >= 0.3 is 0 Å². The van der Waals surface area contributed by atoms with Crippen LogP contribution in [-0.4, -0.2) is 202 Å². The van der Waals surface area contributed by atoms with Gasteiger partial charge in [0, 0.05) is 127 Å². The van der Waals surface area contributed by atoms with E-state index in [0.717, 1.165) is 199 Å². The van der Waals surface area contributed by atoms with Crippen LogP contribution < -0.4 is 16.9 Å². The van der Waals surface area contributed by atoms with E-state index in [1.54, 1.807) is 12.5 Å². The van der Waals surface area contributed by atoms with Crippen molar-refractivity contribution in [3.8, 4) is 0 Å². The number of amides is 2. The average Bonchev–Trinajstić information content (AvgIpc) is 2.28. The smallest absolute Gasteiger partial charge is 0.225 e. The third-order valence-electron chi connectivity index (χ3n) is 15.7. The number of likely N-dealkylation sites (N-methyl/N-ethyl adjacent to an activating group) is 1. The number of aliphatic imine (C=N–C) groups is 1. The number of nitrogens with one attached hydrogen (secondary N) is 1. The summed E-state index contributed by atoms with van der Waals surface area (Å²) in [6, 6.07) is 10.8. The highest BCUT2D eigenvalue weighted by atomic mass is 32.2. The second-order valence-corrected chi connectivity index (χ2v) is 25.9. The highest BCUT2D eigenvalue weighted by Gasteiger charge is 2.29. The van der Waals surface area contributed by atoms with Crippen molar-refractivity contribution in [3.63, 3.8) is 0 Å². The number of nitrogens with two attached hydrogens (primary N) is 2. The molecule has 91 heavy (non-hydrogen) atoms. The maximum absolute atomic E-state index is 12.2. The zero-order valence-corrected chi connectivity index (χ0v) is 59.4. The van der Waals surface area contributed by atoms with Gasteiger partial charge in [-0.25, -0.2) is 0 Å². The zero-order valence-electron chi connectivity index (χ0n) is 58.6. The van der Waals surface area contributed by atoms with Gasteiger partial charge in [0.05, 0.1) is 31.8 Å². The Hall–Kier alpha value is -4.06. The molecule has 0 spiro atoms. The largest absolute Gasteiger partial charge is 0.393 e. The fourth-order valence-corrected chi connectivity index (χ4v) is 10.8. The maximum Gasteiger partial charge on any atom is 0.225 e. The Balaban J connectivity index is 0.00000167. The molecule has 0 aliphatic carbocycles. The average molecular weight is 1310 g/mol. The van der Waals surface area contributed by atoms with E-state index in [9.17, 15) is 18.9 Å². The van der Waals surface area contributed by atoms with E-state index in [1.807, 2.05) is 27.0 Å². The molecule has 0 bridgehead atoms. The molecule has 1 aliphatic heterocycles. The minimum atomic E-state index is -0.776. The molecule has 2 amide bonds. The number of rotatable bonds is 57. The van der Waals surface area contributed by atoms with Gasteiger partial charge in [-0.1, -0.05) is 121 Å². The number of aldehydes is 1. The summed E-state index contributed by atoms with van der Waals surface area (Å²) in [5.41, 5.74) is 6.17. The molecule has 1 aliphatic rings. The summed E-state index contributed by atoms with van der Waals surface area (Å²) in [6.07, 6.45) is 35.3. The minimum Gasteiger partial charge on any atom is -0.393 e. The van der Waals surface area contributed by atoms with E-state index < -0.39 is 10.8 Å². The van der Waals surface area contributed by atoms with E-state index >= 15 is 0 Å². The van der Waals surface area contributed by atoms with E-state index in [-0.39, 0.29) is 30.4 Å². The molecule has 0 saturated carbocycles. The van der Waals surface area contributed by atoms with Gasteiger partial charge in [-0.05, 0) is 143 Å². The summed E-state index contributed by atoms with van der Waals surface area (Å²) in [4.78, 5) is 40.1. The summed E-state index contributed by atoms with van der Waals surface area (Å²) >= 11 is 0. The van der Waals surface area contributed by atoms with Gasteiger partial charge in [-0.2, -0.15) is 5.10 Å². The third-order valence-corrected chi connectivity index (χ3v) is 16.5. The lowest BCUT2D eigenvalue weighted by Gasteiger charge is -2.34. The second kappa shape index (κ2) is 64.6. The van der Waals surface area contributed by atoms with E-state index in [1.165, 1.54) is 69.8 Å². The Morgan fingerprint density at radius 2 is 1.23 bits per heavy atom. The number of primary amides is 1. The number of hydrogen-bond donors (Lipinski definition) is 4. The number of carbonyl (C=O) groups is 3. The van der Waals surface area contributed by atoms with Gasteiger partial charge < -0.3 is 64.8 Å². The van der Waals surface area contributed by atoms with Crippen molar-refractivity contribution in [1.29, 1.82) is 0 Å². The summed E-state index contributed by atoms with van der Waals surface area (Å²) in [5, 5.41) is 24.8. The molecule has 1 aromatic heterocycles. The Morgan fingerprint density at radius 3 is 1.74 bits per heavy atom. The first kappa shape index (κ1) is 86.9. The number of carbonyl (C=O) groups excluding carboxylic acids is 3. The number of unbranched alkanes of at least 4 members (excludes halogenated alkanes) is 18. The molecule has 6 N–H and O–H groups in total. The topological polar surface area (TPSA) is 261 Å². The molecule has 1 aromatic carbocycles. The van der Waals surface area contributed by atoms with Crippen LogP contribution in [0.2, 0.25) is 0 Å². The van der Waals surface area contributed by atoms with Crippen LogP contribution in [0.1, 0.15) is 230 Å². The molecule has 2 heterocycles. The van der Waals surface area contributed by atoms with Crippen molar-refractivity contribution >= 4 is 41.3 Å². The molecular formula is C70H132N10O10S. The lowest BCUT2D eigenvalue weighted by Crippen LogP contribution is -2.51. The Labute approximate surface area is 555 Å². The Bertz CT molecular complexity index is 2030. The quantitative estimate of drug-likeness (QED) is 0.0158. The summed E-state index contributed by atoms with van der Waals surface area (Å²) in [6.45, 7) is 22.7. The van der Waals surface area contributed by atoms with Gasteiger partial charge in [0.1, 0.15) is 23.6 Å². The number of aromatic nitrogens is 3. The van der Waals surface area contributed by atoms with Gasteiger partial charge in [0.2, 0.25) is 12.3 Å². The minimum absolute atomic E-state index is 0.115. The van der Waals surface area contributed by atoms with Crippen LogP contribution in [0.3, 0.4) is 0 Å². The highest BCUT2D eigenvalue weighted by molar-refractivity contribution is 7.84. The Kier molecular flexibility index (Phi) is 61.8. The number of likely N-dealkylation sites (tertiary alicyclic amines) is 1. The third kappa shape index (κ3) is 54.0. The van der Waals surface area contributed by atoms with E-state index in [2.05, 4.69) is 97.8 Å². The molecule has 3 rings (SSSR count). The number of nitrogens with zero attached hydrogens (tertiary/aromatic N) is 7. The summed E-state index contributed by atoms with van der Waals surface area (Å²) in [5.74, 6) is 8.70. The maximum atomic E-state index is 12.2. The normalized spacial score (nSPS) is 13.9. The van der Waals surface area contributed by atoms with Crippen LogP contribution in [0.15, 0.2) is 40.4 Å². The molecule has 528 valence electrons. The number of aryl methyl sites for hydroxylation is 1. The van der Waals surface area contributed by atoms with Crippen molar-refractivity contribution in [1.82, 2.24) is 29.9 Å². The molecule has 0 radical (unpaired) electrons. The van der Waals surface area contributed by atoms with Crippen LogP contribution in [0.5, 0.6) is 0 Å². The van der Waals surface area contributed by atoms with E-state index in [4.69, 9.17) is 34.3 Å². The number of aliphatic hydroxyl groups excluding tert-OH is 1. The lowest BCUT2D eigenvalue weighted by atomic mass is 9.93. The molecule has 20 nitrogen and oxygen atoms in total. The summed E-state index contributed by atoms with van der Waals surface area (Å²) in [7, 11) is 3.41. The number of hydrazone groups is 1. The second-order valence-electron chi connectivity index (χ2n) is 24.4. The molecule has 2 aromatic rings. The van der Waals surface area contributed by atoms with Gasteiger partial charge in [-0.15, -0.1) is 10.2 Å². The van der Waals surface area contributed by atoms with Gasteiger partial charge in [-0.3, -0.25) is 18.8 Å². The monoisotopic (exact) mass is 1300 g/mol. The molecule has 4 atom stereocenters. The van der Waals surface area contributed by atoms with Crippen molar-refractivity contribution < 1.29 is 47.4 Å². The fourth-order valence-electron chi connectivity index (χ4n) is 10.2. The van der Waals surface area contributed by atoms with Crippen LogP contribution in [0.4, 0.5) is 0 Å². The number of benzene rings is 1. The zero-order chi connectivity index (χ0) is 67.1. The van der Waals surface area contributed by atoms with Crippen LogP contribution >= 0.6 is 0 Å². The number of ether oxygens (including phenoxy) is 5. The highest BCUT2D eigenvalue weighted by Crippen LogP contribution is 2.25. The molecule has 1 saturated heterocycles. The first-order valence-corrected chi connectivity index (χ1v) is 36.8. The van der Waals surface area contributed by atoms with Crippen LogP contribution in [0, 0.1) is 12.8 Å². The molecule has 1 fully saturated rings. The van der Waals surface area contributed by atoms with Gasteiger partial charge in [0.15, 0.2) is 0 Å². The molecular weight excluding hydrogens is 1170 g/mol. The predicted molar refractivity (Wildman–Crippen MR) is 376 cm³/mol. The lowest BCUT2D eigenvalue weighted by molar-refractivity contribution is -0.129. The predicted octanol–water partition coefficient (Wildman–Crippen LogP) is 11.2. The van der Waals surface area contributed by atoms with Crippen molar-refractivity contribution in [2.75, 3.05) is 131 Å². The van der Waals surface area contributed by atoms with Crippen molar-refractivity contribution in [2.24, 2.45) is 27.6 Å².